The minimum Gasteiger partial charge on any atom is -0.454 e. The number of alkyl halides is 6. The van der Waals surface area contributed by atoms with Crippen molar-refractivity contribution in [3.05, 3.63) is 124 Å². The second-order valence-corrected chi connectivity index (χ2v) is 11.1. The lowest BCUT2D eigenvalue weighted by Gasteiger charge is -2.26. The molecule has 1 aromatic heterocycles. The summed E-state index contributed by atoms with van der Waals surface area (Å²) in [7, 11) is 0. The van der Waals surface area contributed by atoms with Crippen LogP contribution in [0.25, 0.3) is 16.6 Å². The quantitative estimate of drug-likeness (QED) is 0.116. The number of hydrogen-bond donors (Lipinski definition) is 1. The van der Waals surface area contributed by atoms with Gasteiger partial charge in [0, 0.05) is 23.1 Å². The summed E-state index contributed by atoms with van der Waals surface area (Å²) in [6, 6.07) is 18.2. The summed E-state index contributed by atoms with van der Waals surface area (Å²) in [5, 5.41) is 11.8. The maximum Gasteiger partial charge on any atom is 0.416 e. The van der Waals surface area contributed by atoms with Crippen molar-refractivity contribution in [3.63, 3.8) is 0 Å². The zero-order valence-electron chi connectivity index (χ0n) is 24.1. The van der Waals surface area contributed by atoms with Crippen LogP contribution in [0.15, 0.2) is 90.5 Å². The van der Waals surface area contributed by atoms with E-state index in [9.17, 15) is 41.0 Å². The SMILES string of the molecule is O=C1OC(O)(c2ccc3c(c2)OCO3)C(Cc2ccc(C(F)(F)F)cc2)=C1c1ccc2nsnc2c1.O=Cc1ccc(C(F)(F)F)cc1. The molecular formula is C33H20F6N2O6S. The smallest absolute Gasteiger partial charge is 0.416 e. The van der Waals surface area contributed by atoms with Crippen molar-refractivity contribution in [2.75, 3.05) is 6.79 Å². The van der Waals surface area contributed by atoms with Gasteiger partial charge in [0.2, 0.25) is 6.79 Å². The van der Waals surface area contributed by atoms with E-state index in [1.165, 1.54) is 18.2 Å². The first-order chi connectivity index (χ1) is 22.8. The van der Waals surface area contributed by atoms with Crippen molar-refractivity contribution >= 4 is 40.6 Å². The van der Waals surface area contributed by atoms with Crippen molar-refractivity contribution in [1.82, 2.24) is 8.75 Å². The van der Waals surface area contributed by atoms with E-state index in [1.807, 2.05) is 0 Å². The molecule has 48 heavy (non-hydrogen) atoms. The number of fused-ring (bicyclic) bond motifs is 2. The molecule has 7 rings (SSSR count). The summed E-state index contributed by atoms with van der Waals surface area (Å²) in [5.74, 6) is -2.12. The fourth-order valence-electron chi connectivity index (χ4n) is 5.08. The molecular weight excluding hydrogens is 666 g/mol. The number of aliphatic hydroxyl groups is 1. The van der Waals surface area contributed by atoms with E-state index in [4.69, 9.17) is 14.2 Å². The normalized spacial score (nSPS) is 17.3. The van der Waals surface area contributed by atoms with Gasteiger partial charge in [0.05, 0.1) is 28.4 Å². The molecule has 0 saturated heterocycles. The Morgan fingerprint density at radius 2 is 1.42 bits per heavy atom. The molecule has 1 atom stereocenters. The molecule has 5 aromatic rings. The number of rotatable bonds is 5. The monoisotopic (exact) mass is 686 g/mol. The second kappa shape index (κ2) is 12.4. The van der Waals surface area contributed by atoms with Crippen LogP contribution in [0.5, 0.6) is 11.5 Å². The zero-order valence-corrected chi connectivity index (χ0v) is 24.9. The van der Waals surface area contributed by atoms with E-state index in [1.54, 1.807) is 30.3 Å². The van der Waals surface area contributed by atoms with Gasteiger partial charge in [-0.3, -0.25) is 4.79 Å². The standard InChI is InChI=1S/C25H15F3N2O5S.C8H5F3O/c26-25(27,28)15-4-1-13(2-5-15)9-17-22(14-3-7-18-19(10-14)30-36-29-18)23(31)35-24(17,32)16-6-8-20-21(11-16)34-12-33-20;9-8(10,11)7-3-1-6(5-12)2-4-7/h1-8,10-11,32H,9,12H2;1-5H. The first-order valence-electron chi connectivity index (χ1n) is 13.9. The lowest BCUT2D eigenvalue weighted by atomic mass is 9.87. The molecule has 0 bridgehead atoms. The molecule has 8 nitrogen and oxygen atoms in total. The summed E-state index contributed by atoms with van der Waals surface area (Å²) < 4.78 is 99.7. The number of ether oxygens (including phenoxy) is 3. The molecule has 246 valence electrons. The molecule has 0 aliphatic carbocycles. The molecule has 0 radical (unpaired) electrons. The van der Waals surface area contributed by atoms with Gasteiger partial charge in [-0.05, 0) is 65.7 Å². The summed E-state index contributed by atoms with van der Waals surface area (Å²) in [6.07, 6.45) is -8.38. The van der Waals surface area contributed by atoms with Crippen molar-refractivity contribution in [1.29, 1.82) is 0 Å². The third-order valence-corrected chi connectivity index (χ3v) is 8.05. The average Bonchev–Trinajstić information content (AvgIpc) is 3.78. The van der Waals surface area contributed by atoms with E-state index in [0.29, 0.717) is 39.9 Å². The number of halogens is 6. The Kier molecular flexibility index (Phi) is 8.43. The predicted octanol–water partition coefficient (Wildman–Crippen LogP) is 7.36. The van der Waals surface area contributed by atoms with E-state index in [-0.39, 0.29) is 35.5 Å². The van der Waals surface area contributed by atoms with E-state index in [2.05, 4.69) is 8.75 Å². The maximum atomic E-state index is 13.2. The number of carbonyl (C=O) groups is 2. The molecule has 1 N–H and O–H groups in total. The predicted molar refractivity (Wildman–Crippen MR) is 159 cm³/mol. The Hall–Kier alpha value is -5.28. The molecule has 0 fully saturated rings. The highest BCUT2D eigenvalue weighted by molar-refractivity contribution is 7.00. The fourth-order valence-corrected chi connectivity index (χ4v) is 5.60. The van der Waals surface area contributed by atoms with Crippen molar-refractivity contribution in [2.45, 2.75) is 24.6 Å². The highest BCUT2D eigenvalue weighted by Crippen LogP contribution is 2.47. The van der Waals surface area contributed by atoms with E-state index in [0.717, 1.165) is 48.1 Å². The number of carbonyl (C=O) groups excluding carboxylic acids is 2. The first-order valence-corrected chi connectivity index (χ1v) is 14.6. The second-order valence-electron chi connectivity index (χ2n) is 10.5. The largest absolute Gasteiger partial charge is 0.454 e. The minimum atomic E-state index is -4.49. The van der Waals surface area contributed by atoms with Gasteiger partial charge >= 0.3 is 18.3 Å². The van der Waals surface area contributed by atoms with Gasteiger partial charge in [-0.1, -0.05) is 30.3 Å². The summed E-state index contributed by atoms with van der Waals surface area (Å²) >= 11 is 1.02. The minimum absolute atomic E-state index is 0.0121. The number of esters is 1. The van der Waals surface area contributed by atoms with Gasteiger partial charge in [-0.15, -0.1) is 0 Å². The molecule has 0 amide bonds. The van der Waals surface area contributed by atoms with Gasteiger partial charge in [0.1, 0.15) is 17.3 Å². The van der Waals surface area contributed by atoms with Crippen LogP contribution in [0, 0.1) is 0 Å². The van der Waals surface area contributed by atoms with Crippen molar-refractivity contribution in [3.8, 4) is 11.5 Å². The van der Waals surface area contributed by atoms with Gasteiger partial charge in [-0.2, -0.15) is 35.1 Å². The molecule has 3 heterocycles. The summed E-state index contributed by atoms with van der Waals surface area (Å²) in [6.45, 7) is 0.0121. The van der Waals surface area contributed by atoms with Crippen LogP contribution in [-0.2, 0) is 34.1 Å². The Balaban J connectivity index is 0.000000284. The lowest BCUT2D eigenvalue weighted by molar-refractivity contribution is -0.185. The van der Waals surface area contributed by atoms with Gasteiger partial charge < -0.3 is 19.3 Å². The van der Waals surface area contributed by atoms with Gasteiger partial charge in [0.15, 0.2) is 11.5 Å². The first kappa shape index (κ1) is 32.7. The third-order valence-electron chi connectivity index (χ3n) is 7.50. The van der Waals surface area contributed by atoms with Gasteiger partial charge in [-0.25, -0.2) is 4.79 Å². The topological polar surface area (TPSA) is 108 Å². The fraction of sp³-hybridized carbons (Fsp3) is 0.152. The van der Waals surface area contributed by atoms with Crippen LogP contribution in [0.3, 0.4) is 0 Å². The Morgan fingerprint density at radius 3 is 2.06 bits per heavy atom. The molecule has 2 aliphatic heterocycles. The molecule has 1 unspecified atom stereocenters. The number of cyclic esters (lactones) is 1. The van der Waals surface area contributed by atoms with Crippen LogP contribution >= 0.6 is 11.7 Å². The third kappa shape index (κ3) is 6.46. The number of hydrogen-bond acceptors (Lipinski definition) is 9. The van der Waals surface area contributed by atoms with Crippen molar-refractivity contribution < 1.29 is 55.2 Å². The Morgan fingerprint density at radius 1 is 0.792 bits per heavy atom. The number of aromatic nitrogens is 2. The number of nitrogens with zero attached hydrogens (tertiary/aromatic N) is 2. The van der Waals surface area contributed by atoms with Crippen molar-refractivity contribution in [2.24, 2.45) is 0 Å². The van der Waals surface area contributed by atoms with Gasteiger partial charge in [0.25, 0.3) is 5.79 Å². The van der Waals surface area contributed by atoms with Crippen LogP contribution in [-0.4, -0.2) is 32.9 Å². The maximum absolute atomic E-state index is 13.2. The molecule has 0 spiro atoms. The average molecular weight is 687 g/mol. The lowest BCUT2D eigenvalue weighted by Crippen LogP contribution is -2.29. The summed E-state index contributed by atoms with van der Waals surface area (Å²) in [5.41, 5.74) is 1.29. The van der Waals surface area contributed by atoms with Crippen LogP contribution in [0.4, 0.5) is 26.3 Å². The highest BCUT2D eigenvalue weighted by atomic mass is 32.1. The number of benzene rings is 4. The molecule has 2 aliphatic rings. The van der Waals surface area contributed by atoms with Crippen LogP contribution in [0.1, 0.15) is 38.2 Å². The number of aldehydes is 1. The van der Waals surface area contributed by atoms with E-state index >= 15 is 0 Å². The van der Waals surface area contributed by atoms with Crippen LogP contribution in [0.2, 0.25) is 0 Å². The molecule has 0 saturated carbocycles. The molecule has 15 heteroatoms. The van der Waals surface area contributed by atoms with Crippen LogP contribution < -0.4 is 9.47 Å². The summed E-state index contributed by atoms with van der Waals surface area (Å²) in [4.78, 5) is 23.3. The Labute approximate surface area is 271 Å². The van der Waals surface area contributed by atoms with E-state index < -0.39 is 35.2 Å². The highest BCUT2D eigenvalue weighted by Gasteiger charge is 2.48. The Bertz CT molecular complexity index is 2040. The zero-order chi connectivity index (χ0) is 34.3. The molecule has 4 aromatic carbocycles.